The first kappa shape index (κ1) is 13.6. The van der Waals surface area contributed by atoms with Crippen LogP contribution >= 0.6 is 22.9 Å². The van der Waals surface area contributed by atoms with Crippen molar-refractivity contribution in [3.63, 3.8) is 0 Å². The fraction of sp³-hybridized carbons (Fsp3) is 0.333. The van der Waals surface area contributed by atoms with Crippen molar-refractivity contribution in [2.75, 3.05) is 0 Å². The highest BCUT2D eigenvalue weighted by Crippen LogP contribution is 2.36. The van der Waals surface area contributed by atoms with E-state index in [4.69, 9.17) is 11.6 Å². The van der Waals surface area contributed by atoms with Crippen molar-refractivity contribution < 1.29 is 4.79 Å². The molecule has 1 aliphatic rings. The molecule has 1 heterocycles. The van der Waals surface area contributed by atoms with E-state index in [0.717, 1.165) is 21.4 Å². The van der Waals surface area contributed by atoms with Crippen molar-refractivity contribution >= 4 is 44.6 Å². The summed E-state index contributed by atoms with van der Waals surface area (Å²) in [5.41, 5.74) is 4.76. The first-order valence-electron chi connectivity index (χ1n) is 6.59. The maximum absolute atomic E-state index is 12.2. The number of hydrazone groups is 1. The Labute approximate surface area is 126 Å². The van der Waals surface area contributed by atoms with E-state index >= 15 is 0 Å². The third-order valence-electron chi connectivity index (χ3n) is 3.49. The predicted octanol–water partition coefficient (Wildman–Crippen LogP) is 4.38. The number of carbonyl (C=O) groups excluding carboxylic acids is 1. The molecule has 3 nitrogen and oxygen atoms in total. The number of nitrogens with one attached hydrogen (secondary N) is 1. The largest absolute Gasteiger partial charge is 0.283 e. The monoisotopic (exact) mass is 306 g/mol. The summed E-state index contributed by atoms with van der Waals surface area (Å²) in [6.45, 7) is 3.98. The minimum atomic E-state index is -0.228. The summed E-state index contributed by atoms with van der Waals surface area (Å²) < 4.78 is 1.03. The summed E-state index contributed by atoms with van der Waals surface area (Å²) in [5.74, 6) is 0.324. The number of hydrogen-bond donors (Lipinski definition) is 1. The Morgan fingerprint density at radius 3 is 2.90 bits per heavy atom. The molecule has 1 aromatic heterocycles. The molecule has 0 aliphatic heterocycles. The molecule has 0 atom stereocenters. The smallest absolute Gasteiger partial charge is 0.266 e. The summed E-state index contributed by atoms with van der Waals surface area (Å²) in [6.07, 6.45) is 2.35. The Kier molecular flexibility index (Phi) is 3.52. The van der Waals surface area contributed by atoms with Gasteiger partial charge in [0.15, 0.2) is 0 Å². The molecular weight excluding hydrogens is 292 g/mol. The van der Waals surface area contributed by atoms with Crippen molar-refractivity contribution in [3.8, 4) is 0 Å². The van der Waals surface area contributed by atoms with Crippen molar-refractivity contribution in [2.45, 2.75) is 26.7 Å². The first-order valence-corrected chi connectivity index (χ1v) is 7.79. The molecule has 1 amide bonds. The van der Waals surface area contributed by atoms with E-state index in [1.165, 1.54) is 24.2 Å². The van der Waals surface area contributed by atoms with Gasteiger partial charge in [0.25, 0.3) is 5.91 Å². The van der Waals surface area contributed by atoms with Crippen LogP contribution in [0.4, 0.5) is 0 Å². The molecule has 1 N–H and O–H groups in total. The van der Waals surface area contributed by atoms with Crippen LogP contribution in [-0.2, 0) is 0 Å². The highest BCUT2D eigenvalue weighted by atomic mass is 35.5. The van der Waals surface area contributed by atoms with E-state index in [2.05, 4.69) is 10.5 Å². The van der Waals surface area contributed by atoms with E-state index in [-0.39, 0.29) is 5.91 Å². The lowest BCUT2D eigenvalue weighted by Gasteiger charge is -1.99. The fourth-order valence-electron chi connectivity index (χ4n) is 2.10. The zero-order valence-electron chi connectivity index (χ0n) is 11.4. The molecule has 5 heteroatoms. The summed E-state index contributed by atoms with van der Waals surface area (Å²) in [5, 5.41) is 5.60. The van der Waals surface area contributed by atoms with E-state index < -0.39 is 0 Å². The predicted molar refractivity (Wildman–Crippen MR) is 84.9 cm³/mol. The lowest BCUT2D eigenvalue weighted by atomic mass is 10.2. The van der Waals surface area contributed by atoms with Gasteiger partial charge in [-0.05, 0) is 44.2 Å². The summed E-state index contributed by atoms with van der Waals surface area (Å²) in [7, 11) is 0. The van der Waals surface area contributed by atoms with Crippen molar-refractivity contribution in [3.05, 3.63) is 33.7 Å². The van der Waals surface area contributed by atoms with Crippen LogP contribution in [0.5, 0.6) is 0 Å². The van der Waals surface area contributed by atoms with E-state index in [1.807, 2.05) is 32.0 Å². The highest BCUT2D eigenvalue weighted by Gasteiger charge is 2.25. The minimum absolute atomic E-state index is 0.228. The zero-order valence-corrected chi connectivity index (χ0v) is 12.9. The van der Waals surface area contributed by atoms with Crippen LogP contribution in [0.3, 0.4) is 0 Å². The molecule has 0 bridgehead atoms. The molecule has 1 fully saturated rings. The van der Waals surface area contributed by atoms with Crippen LogP contribution in [0.15, 0.2) is 23.3 Å². The maximum Gasteiger partial charge on any atom is 0.283 e. The Bertz CT molecular complexity index is 716. The molecule has 3 rings (SSSR count). The fourth-order valence-corrected chi connectivity index (χ4v) is 3.61. The molecule has 104 valence electrons. The highest BCUT2D eigenvalue weighted by molar-refractivity contribution is 7.21. The first-order chi connectivity index (χ1) is 9.56. The lowest BCUT2D eigenvalue weighted by molar-refractivity contribution is 0.0959. The lowest BCUT2D eigenvalue weighted by Crippen LogP contribution is -2.18. The van der Waals surface area contributed by atoms with Gasteiger partial charge in [0.2, 0.25) is 0 Å². The van der Waals surface area contributed by atoms with Crippen LogP contribution in [-0.4, -0.2) is 11.6 Å². The molecular formula is C15H15ClN2OS. The molecule has 1 aromatic carbocycles. The molecule has 0 saturated heterocycles. The van der Waals surface area contributed by atoms with Gasteiger partial charge in [0.1, 0.15) is 4.88 Å². The van der Waals surface area contributed by atoms with Gasteiger partial charge in [-0.1, -0.05) is 23.7 Å². The number of nitrogens with zero attached hydrogens (tertiary/aromatic N) is 1. The van der Waals surface area contributed by atoms with Gasteiger partial charge in [-0.2, -0.15) is 5.10 Å². The number of hydrogen-bond acceptors (Lipinski definition) is 3. The Morgan fingerprint density at radius 1 is 1.45 bits per heavy atom. The average Bonchev–Trinajstić information content (AvgIpc) is 3.21. The number of amides is 1. The second kappa shape index (κ2) is 5.19. The SMILES string of the molecule is CC(=NNC(=O)c1sc2cc(C)ccc2c1Cl)C1CC1. The minimum Gasteiger partial charge on any atom is -0.266 e. The van der Waals surface area contributed by atoms with Gasteiger partial charge in [-0.25, -0.2) is 5.43 Å². The average molecular weight is 307 g/mol. The summed E-state index contributed by atoms with van der Waals surface area (Å²) in [4.78, 5) is 12.7. The van der Waals surface area contributed by atoms with Gasteiger partial charge < -0.3 is 0 Å². The maximum atomic E-state index is 12.2. The van der Waals surface area contributed by atoms with Gasteiger partial charge in [-0.15, -0.1) is 11.3 Å². The Morgan fingerprint density at radius 2 is 2.20 bits per heavy atom. The molecule has 0 unspecified atom stereocenters. The van der Waals surface area contributed by atoms with Gasteiger partial charge in [-0.3, -0.25) is 4.79 Å². The van der Waals surface area contributed by atoms with Crippen LogP contribution < -0.4 is 5.43 Å². The van der Waals surface area contributed by atoms with E-state index in [1.54, 1.807) is 0 Å². The Hall–Kier alpha value is -1.39. The van der Waals surface area contributed by atoms with Crippen molar-refractivity contribution in [1.29, 1.82) is 0 Å². The topological polar surface area (TPSA) is 41.5 Å². The van der Waals surface area contributed by atoms with Crippen LogP contribution in [0, 0.1) is 12.8 Å². The van der Waals surface area contributed by atoms with Crippen LogP contribution in [0.25, 0.3) is 10.1 Å². The zero-order chi connectivity index (χ0) is 14.3. The second-order valence-electron chi connectivity index (χ2n) is 5.21. The second-order valence-corrected chi connectivity index (χ2v) is 6.64. The molecule has 0 spiro atoms. The number of aryl methyl sites for hydroxylation is 1. The molecule has 20 heavy (non-hydrogen) atoms. The Balaban J connectivity index is 1.87. The molecule has 0 radical (unpaired) electrons. The van der Waals surface area contributed by atoms with E-state index in [9.17, 15) is 4.79 Å². The van der Waals surface area contributed by atoms with Gasteiger partial charge >= 0.3 is 0 Å². The number of carbonyl (C=O) groups is 1. The van der Waals surface area contributed by atoms with Gasteiger partial charge in [0, 0.05) is 15.8 Å². The molecule has 1 saturated carbocycles. The summed E-state index contributed by atoms with van der Waals surface area (Å²) >= 11 is 7.70. The normalized spacial score (nSPS) is 15.7. The summed E-state index contributed by atoms with van der Waals surface area (Å²) in [6, 6.07) is 6.00. The van der Waals surface area contributed by atoms with Crippen LogP contribution in [0.2, 0.25) is 5.02 Å². The quantitative estimate of drug-likeness (QED) is 0.663. The standard InChI is InChI=1S/C15H15ClN2OS/c1-8-3-6-11-12(7-8)20-14(13(11)16)15(19)18-17-9(2)10-4-5-10/h3,6-7,10H,4-5H2,1-2H3,(H,18,19). The number of fused-ring (bicyclic) bond motifs is 1. The third-order valence-corrected chi connectivity index (χ3v) is 5.15. The molecule has 2 aromatic rings. The van der Waals surface area contributed by atoms with Gasteiger partial charge in [0.05, 0.1) is 5.02 Å². The number of benzene rings is 1. The molecule has 1 aliphatic carbocycles. The van der Waals surface area contributed by atoms with Crippen LogP contribution in [0.1, 0.15) is 35.0 Å². The third kappa shape index (κ3) is 2.58. The van der Waals surface area contributed by atoms with E-state index in [0.29, 0.717) is 15.8 Å². The number of thiophene rings is 1. The van der Waals surface area contributed by atoms with Crippen molar-refractivity contribution in [2.24, 2.45) is 11.0 Å². The van der Waals surface area contributed by atoms with Crippen molar-refractivity contribution in [1.82, 2.24) is 5.43 Å². The number of rotatable bonds is 3. The number of halogens is 1.